The molecule has 94 valence electrons. The molecule has 0 spiro atoms. The van der Waals surface area contributed by atoms with Crippen molar-refractivity contribution in [2.45, 2.75) is 20.3 Å². The SMILES string of the molecule is CCc1noc(-c2ccc(Br)cc2)c1OC(C)=O. The van der Waals surface area contributed by atoms with Gasteiger partial charge in [-0.25, -0.2) is 0 Å². The van der Waals surface area contributed by atoms with Crippen LogP contribution in [-0.2, 0) is 11.2 Å². The van der Waals surface area contributed by atoms with Crippen LogP contribution in [0.5, 0.6) is 5.75 Å². The van der Waals surface area contributed by atoms with E-state index in [9.17, 15) is 4.79 Å². The van der Waals surface area contributed by atoms with Crippen molar-refractivity contribution in [2.24, 2.45) is 0 Å². The van der Waals surface area contributed by atoms with Gasteiger partial charge in [-0.05, 0) is 30.7 Å². The highest BCUT2D eigenvalue weighted by molar-refractivity contribution is 9.10. The van der Waals surface area contributed by atoms with Gasteiger partial charge in [0.2, 0.25) is 11.5 Å². The van der Waals surface area contributed by atoms with Gasteiger partial charge in [-0.3, -0.25) is 4.79 Å². The number of benzene rings is 1. The summed E-state index contributed by atoms with van der Waals surface area (Å²) in [6.07, 6.45) is 0.642. The maximum Gasteiger partial charge on any atom is 0.308 e. The average Bonchev–Trinajstić information content (AvgIpc) is 2.72. The van der Waals surface area contributed by atoms with Gasteiger partial charge in [0.25, 0.3) is 0 Å². The topological polar surface area (TPSA) is 52.3 Å². The number of aromatic nitrogens is 1. The molecule has 0 aliphatic rings. The minimum absolute atomic E-state index is 0.383. The molecule has 2 aromatic rings. The Morgan fingerprint density at radius 3 is 2.61 bits per heavy atom. The second-order valence-electron chi connectivity index (χ2n) is 3.74. The van der Waals surface area contributed by atoms with E-state index >= 15 is 0 Å². The van der Waals surface area contributed by atoms with Crippen molar-refractivity contribution < 1.29 is 14.1 Å². The second kappa shape index (κ2) is 5.35. The van der Waals surface area contributed by atoms with Gasteiger partial charge in [-0.1, -0.05) is 28.0 Å². The van der Waals surface area contributed by atoms with E-state index in [-0.39, 0.29) is 5.97 Å². The molecule has 0 aliphatic heterocycles. The van der Waals surface area contributed by atoms with Crippen molar-refractivity contribution in [1.82, 2.24) is 5.16 Å². The molecule has 1 aromatic heterocycles. The van der Waals surface area contributed by atoms with Crippen LogP contribution >= 0.6 is 15.9 Å². The van der Waals surface area contributed by atoms with Gasteiger partial charge in [0.05, 0.1) is 0 Å². The highest BCUT2D eigenvalue weighted by Crippen LogP contribution is 2.34. The van der Waals surface area contributed by atoms with Crippen molar-refractivity contribution in [3.8, 4) is 17.1 Å². The van der Waals surface area contributed by atoms with Crippen LogP contribution in [0.4, 0.5) is 0 Å². The Morgan fingerprint density at radius 1 is 1.39 bits per heavy atom. The van der Waals surface area contributed by atoms with Crippen molar-refractivity contribution in [3.05, 3.63) is 34.4 Å². The monoisotopic (exact) mass is 309 g/mol. The number of rotatable bonds is 3. The smallest absolute Gasteiger partial charge is 0.308 e. The summed E-state index contributed by atoms with van der Waals surface area (Å²) in [5.41, 5.74) is 1.46. The summed E-state index contributed by atoms with van der Waals surface area (Å²) in [4.78, 5) is 11.1. The molecule has 0 saturated heterocycles. The van der Waals surface area contributed by atoms with Crippen LogP contribution in [0, 0.1) is 0 Å². The Morgan fingerprint density at radius 2 is 2.06 bits per heavy atom. The van der Waals surface area contributed by atoms with E-state index in [4.69, 9.17) is 9.26 Å². The predicted molar refractivity (Wildman–Crippen MR) is 70.3 cm³/mol. The Hall–Kier alpha value is -1.62. The van der Waals surface area contributed by atoms with Crippen molar-refractivity contribution in [2.75, 3.05) is 0 Å². The largest absolute Gasteiger partial charge is 0.420 e. The standard InChI is InChI=1S/C13H12BrNO3/c1-3-11-13(17-8(2)16)12(18-15-11)9-4-6-10(14)7-5-9/h4-7H,3H2,1-2H3. The van der Waals surface area contributed by atoms with E-state index in [0.29, 0.717) is 23.6 Å². The fraction of sp³-hybridized carbons (Fsp3) is 0.231. The van der Waals surface area contributed by atoms with Crippen LogP contribution in [-0.4, -0.2) is 11.1 Å². The summed E-state index contributed by atoms with van der Waals surface area (Å²) in [5, 5.41) is 3.92. The van der Waals surface area contributed by atoms with Crippen LogP contribution < -0.4 is 4.74 Å². The summed E-state index contributed by atoms with van der Waals surface area (Å²) >= 11 is 3.36. The molecular weight excluding hydrogens is 298 g/mol. The first kappa shape index (κ1) is 12.8. The van der Waals surface area contributed by atoms with Crippen molar-refractivity contribution in [1.29, 1.82) is 0 Å². The van der Waals surface area contributed by atoms with Gasteiger partial charge >= 0.3 is 5.97 Å². The van der Waals surface area contributed by atoms with E-state index < -0.39 is 0 Å². The number of esters is 1. The maximum atomic E-state index is 11.1. The lowest BCUT2D eigenvalue weighted by molar-refractivity contribution is -0.131. The molecule has 0 bridgehead atoms. The van der Waals surface area contributed by atoms with Crippen molar-refractivity contribution >= 4 is 21.9 Å². The number of aryl methyl sites for hydroxylation is 1. The lowest BCUT2D eigenvalue weighted by Crippen LogP contribution is -2.03. The molecule has 0 amide bonds. The molecule has 4 nitrogen and oxygen atoms in total. The molecule has 5 heteroatoms. The van der Waals surface area contributed by atoms with Gasteiger partial charge in [0, 0.05) is 17.0 Å². The Balaban J connectivity index is 2.46. The molecule has 18 heavy (non-hydrogen) atoms. The van der Waals surface area contributed by atoms with Crippen LogP contribution in [0.3, 0.4) is 0 Å². The van der Waals surface area contributed by atoms with Crippen LogP contribution in [0.1, 0.15) is 19.5 Å². The summed E-state index contributed by atoms with van der Waals surface area (Å²) in [6, 6.07) is 7.52. The predicted octanol–water partition coefficient (Wildman–Crippen LogP) is 3.59. The van der Waals surface area contributed by atoms with Gasteiger partial charge in [-0.15, -0.1) is 0 Å². The van der Waals surface area contributed by atoms with E-state index in [1.807, 2.05) is 31.2 Å². The summed E-state index contributed by atoms with van der Waals surface area (Å²) in [5.74, 6) is 0.508. The molecule has 1 aromatic carbocycles. The van der Waals surface area contributed by atoms with E-state index in [2.05, 4.69) is 21.1 Å². The quantitative estimate of drug-likeness (QED) is 0.813. The molecule has 0 fully saturated rings. The number of nitrogens with zero attached hydrogens (tertiary/aromatic N) is 1. The number of halogens is 1. The second-order valence-corrected chi connectivity index (χ2v) is 4.66. The van der Waals surface area contributed by atoms with Gasteiger partial charge < -0.3 is 9.26 Å². The third kappa shape index (κ3) is 2.61. The number of carbonyl (C=O) groups excluding carboxylic acids is 1. The Labute approximate surface area is 113 Å². The zero-order chi connectivity index (χ0) is 13.1. The molecule has 0 unspecified atom stereocenters. The van der Waals surface area contributed by atoms with E-state index in [1.54, 1.807) is 0 Å². The Kier molecular flexibility index (Phi) is 3.81. The number of ether oxygens (including phenoxy) is 1. The fourth-order valence-electron chi connectivity index (χ4n) is 1.57. The molecule has 0 saturated carbocycles. The third-order valence-electron chi connectivity index (χ3n) is 2.40. The van der Waals surface area contributed by atoms with Gasteiger partial charge in [0.15, 0.2) is 0 Å². The number of carbonyl (C=O) groups is 1. The van der Waals surface area contributed by atoms with E-state index in [0.717, 1.165) is 10.0 Å². The van der Waals surface area contributed by atoms with Gasteiger partial charge in [-0.2, -0.15) is 0 Å². The number of hydrogen-bond donors (Lipinski definition) is 0. The maximum absolute atomic E-state index is 11.1. The minimum Gasteiger partial charge on any atom is -0.420 e. The minimum atomic E-state index is -0.383. The Bertz CT molecular complexity index is 560. The van der Waals surface area contributed by atoms with Crippen LogP contribution in [0.2, 0.25) is 0 Å². The summed E-state index contributed by atoms with van der Waals surface area (Å²) < 4.78 is 11.4. The van der Waals surface area contributed by atoms with Gasteiger partial charge in [0.1, 0.15) is 5.69 Å². The molecular formula is C13H12BrNO3. The fourth-order valence-corrected chi connectivity index (χ4v) is 1.84. The number of hydrogen-bond acceptors (Lipinski definition) is 4. The highest BCUT2D eigenvalue weighted by atomic mass is 79.9. The van der Waals surface area contributed by atoms with Crippen LogP contribution in [0.15, 0.2) is 33.3 Å². The molecule has 0 radical (unpaired) electrons. The highest BCUT2D eigenvalue weighted by Gasteiger charge is 2.19. The summed E-state index contributed by atoms with van der Waals surface area (Å²) in [6.45, 7) is 3.29. The third-order valence-corrected chi connectivity index (χ3v) is 2.93. The molecule has 1 heterocycles. The summed E-state index contributed by atoms with van der Waals surface area (Å²) in [7, 11) is 0. The first-order chi connectivity index (χ1) is 8.61. The average molecular weight is 310 g/mol. The lowest BCUT2D eigenvalue weighted by atomic mass is 10.1. The molecule has 2 rings (SSSR count). The lowest BCUT2D eigenvalue weighted by Gasteiger charge is -2.02. The van der Waals surface area contributed by atoms with Crippen LogP contribution in [0.25, 0.3) is 11.3 Å². The van der Waals surface area contributed by atoms with E-state index in [1.165, 1.54) is 6.92 Å². The zero-order valence-electron chi connectivity index (χ0n) is 10.1. The molecule has 0 aliphatic carbocycles. The van der Waals surface area contributed by atoms with Crippen molar-refractivity contribution in [3.63, 3.8) is 0 Å². The zero-order valence-corrected chi connectivity index (χ0v) is 11.7. The molecule has 0 N–H and O–H groups in total. The molecule has 0 atom stereocenters. The first-order valence-corrected chi connectivity index (χ1v) is 6.34. The first-order valence-electron chi connectivity index (χ1n) is 5.54. The normalized spacial score (nSPS) is 10.4.